The minimum absolute atomic E-state index is 0.102. The molecule has 0 amide bonds. The minimum atomic E-state index is -3.65. The molecule has 2 aromatic carbocycles. The molecule has 0 aliphatic heterocycles. The molecule has 0 aliphatic carbocycles. The van der Waals surface area contributed by atoms with Gasteiger partial charge >= 0.3 is 0 Å². The third-order valence-electron chi connectivity index (χ3n) is 3.13. The van der Waals surface area contributed by atoms with Crippen molar-refractivity contribution in [1.29, 1.82) is 0 Å². The first-order valence-electron chi connectivity index (χ1n) is 6.34. The number of nitrogens with one attached hydrogen (secondary N) is 1. The summed E-state index contributed by atoms with van der Waals surface area (Å²) >= 11 is 3.26. The summed E-state index contributed by atoms with van der Waals surface area (Å²) in [6.45, 7) is 1.47. The second kappa shape index (κ2) is 6.27. The van der Waals surface area contributed by atoms with Crippen LogP contribution in [0.15, 0.2) is 64.0 Å². The molecular formula is C15H16BrNO3S. The summed E-state index contributed by atoms with van der Waals surface area (Å²) in [5.74, 6) is 0. The molecule has 112 valence electrons. The average Bonchev–Trinajstić information content (AvgIpc) is 2.47. The lowest BCUT2D eigenvalue weighted by molar-refractivity contribution is 0.0627. The molecule has 2 aromatic rings. The summed E-state index contributed by atoms with van der Waals surface area (Å²) in [5.41, 5.74) is -0.618. The first-order chi connectivity index (χ1) is 9.81. The summed E-state index contributed by atoms with van der Waals surface area (Å²) in [6, 6.07) is 15.3. The maximum atomic E-state index is 12.2. The molecule has 6 heteroatoms. The number of benzene rings is 2. The van der Waals surface area contributed by atoms with Gasteiger partial charge in [-0.3, -0.25) is 0 Å². The number of halogens is 1. The highest BCUT2D eigenvalue weighted by Gasteiger charge is 2.25. The Kier molecular flexibility index (Phi) is 4.83. The molecule has 0 spiro atoms. The quantitative estimate of drug-likeness (QED) is 0.851. The molecule has 0 saturated carbocycles. The van der Waals surface area contributed by atoms with Gasteiger partial charge in [0.1, 0.15) is 5.60 Å². The van der Waals surface area contributed by atoms with Crippen LogP contribution in [0.3, 0.4) is 0 Å². The van der Waals surface area contributed by atoms with E-state index in [0.717, 1.165) is 4.47 Å². The van der Waals surface area contributed by atoms with Gasteiger partial charge in [0, 0.05) is 11.0 Å². The van der Waals surface area contributed by atoms with Crippen molar-refractivity contribution in [2.45, 2.75) is 17.4 Å². The van der Waals surface area contributed by atoms with E-state index >= 15 is 0 Å². The van der Waals surface area contributed by atoms with E-state index in [1.54, 1.807) is 43.3 Å². The van der Waals surface area contributed by atoms with E-state index < -0.39 is 15.6 Å². The Morgan fingerprint density at radius 1 is 1.10 bits per heavy atom. The fraction of sp³-hybridized carbons (Fsp3) is 0.200. The predicted octanol–water partition coefficient (Wildman–Crippen LogP) is 2.64. The van der Waals surface area contributed by atoms with Crippen LogP contribution in [0.25, 0.3) is 0 Å². The summed E-state index contributed by atoms with van der Waals surface area (Å²) in [4.78, 5) is 0.162. The predicted molar refractivity (Wildman–Crippen MR) is 85.3 cm³/mol. The van der Waals surface area contributed by atoms with Crippen molar-refractivity contribution in [2.75, 3.05) is 6.54 Å². The highest BCUT2D eigenvalue weighted by Crippen LogP contribution is 2.20. The van der Waals surface area contributed by atoms with Gasteiger partial charge in [-0.05, 0) is 36.8 Å². The molecule has 2 N–H and O–H groups in total. The van der Waals surface area contributed by atoms with Crippen LogP contribution in [0.1, 0.15) is 12.5 Å². The van der Waals surface area contributed by atoms with Crippen molar-refractivity contribution in [3.05, 3.63) is 64.6 Å². The number of aliphatic hydroxyl groups is 1. The molecule has 0 aliphatic rings. The van der Waals surface area contributed by atoms with Gasteiger partial charge in [-0.25, -0.2) is 13.1 Å². The number of hydrogen-bond donors (Lipinski definition) is 2. The maximum absolute atomic E-state index is 12.2. The zero-order valence-corrected chi connectivity index (χ0v) is 13.9. The van der Waals surface area contributed by atoms with E-state index in [-0.39, 0.29) is 11.4 Å². The van der Waals surface area contributed by atoms with Gasteiger partial charge in [0.05, 0.1) is 4.90 Å². The third-order valence-corrected chi connectivity index (χ3v) is 5.07. The van der Waals surface area contributed by atoms with Crippen molar-refractivity contribution >= 4 is 26.0 Å². The van der Waals surface area contributed by atoms with Crippen LogP contribution < -0.4 is 4.72 Å². The van der Waals surface area contributed by atoms with E-state index in [4.69, 9.17) is 0 Å². The molecule has 0 fully saturated rings. The SMILES string of the molecule is C[C@](O)(CNS(=O)(=O)c1ccc(Br)cc1)c1ccccc1. The molecule has 1 atom stereocenters. The van der Waals surface area contributed by atoms with Crippen LogP contribution in [-0.4, -0.2) is 20.1 Å². The van der Waals surface area contributed by atoms with Crippen LogP contribution in [-0.2, 0) is 15.6 Å². The molecule has 0 aromatic heterocycles. The molecule has 21 heavy (non-hydrogen) atoms. The van der Waals surface area contributed by atoms with E-state index in [2.05, 4.69) is 20.7 Å². The second-order valence-corrected chi connectivity index (χ2v) is 7.60. The molecule has 0 bridgehead atoms. The Hall–Kier alpha value is -1.21. The lowest BCUT2D eigenvalue weighted by Crippen LogP contribution is -2.38. The third kappa shape index (κ3) is 4.14. The average molecular weight is 370 g/mol. The topological polar surface area (TPSA) is 66.4 Å². The Morgan fingerprint density at radius 3 is 2.24 bits per heavy atom. The van der Waals surface area contributed by atoms with E-state index in [9.17, 15) is 13.5 Å². The van der Waals surface area contributed by atoms with Crippen LogP contribution >= 0.6 is 15.9 Å². The van der Waals surface area contributed by atoms with Crippen molar-refractivity contribution in [1.82, 2.24) is 4.72 Å². The number of hydrogen-bond acceptors (Lipinski definition) is 3. The zero-order chi connectivity index (χ0) is 15.5. The van der Waals surface area contributed by atoms with Crippen LogP contribution in [0.4, 0.5) is 0 Å². The Morgan fingerprint density at radius 2 is 1.67 bits per heavy atom. The molecule has 4 nitrogen and oxygen atoms in total. The van der Waals surface area contributed by atoms with Crippen LogP contribution in [0, 0.1) is 0 Å². The summed E-state index contributed by atoms with van der Waals surface area (Å²) in [5, 5.41) is 10.4. The fourth-order valence-corrected chi connectivity index (χ4v) is 3.23. The fourth-order valence-electron chi connectivity index (χ4n) is 1.83. The second-order valence-electron chi connectivity index (χ2n) is 4.92. The summed E-state index contributed by atoms with van der Waals surface area (Å²) < 4.78 is 27.6. The molecule has 0 radical (unpaired) electrons. The van der Waals surface area contributed by atoms with E-state index in [1.807, 2.05) is 6.07 Å². The summed E-state index contributed by atoms with van der Waals surface area (Å²) in [6.07, 6.45) is 0. The van der Waals surface area contributed by atoms with Crippen LogP contribution in [0.2, 0.25) is 0 Å². The molecule has 2 rings (SSSR count). The lowest BCUT2D eigenvalue weighted by atomic mass is 9.97. The first-order valence-corrected chi connectivity index (χ1v) is 8.62. The van der Waals surface area contributed by atoms with Crippen molar-refractivity contribution in [3.8, 4) is 0 Å². The highest BCUT2D eigenvalue weighted by atomic mass is 79.9. The van der Waals surface area contributed by atoms with Gasteiger partial charge in [0.25, 0.3) is 0 Å². The van der Waals surface area contributed by atoms with E-state index in [0.29, 0.717) is 5.56 Å². The Labute approximate surface area is 133 Å². The normalized spacial score (nSPS) is 14.6. The van der Waals surface area contributed by atoms with Gasteiger partial charge in [-0.1, -0.05) is 46.3 Å². The largest absolute Gasteiger partial charge is 0.384 e. The lowest BCUT2D eigenvalue weighted by Gasteiger charge is -2.24. The van der Waals surface area contributed by atoms with Gasteiger partial charge in [0.2, 0.25) is 10.0 Å². The number of rotatable bonds is 5. The van der Waals surface area contributed by atoms with Crippen LogP contribution in [0.5, 0.6) is 0 Å². The Bertz CT molecular complexity index is 697. The van der Waals surface area contributed by atoms with Gasteiger partial charge in [0.15, 0.2) is 0 Å². The molecule has 0 heterocycles. The zero-order valence-electron chi connectivity index (χ0n) is 11.5. The Balaban J connectivity index is 2.13. The standard InChI is InChI=1S/C15H16BrNO3S/c1-15(18,12-5-3-2-4-6-12)11-17-21(19,20)14-9-7-13(16)8-10-14/h2-10,17-18H,11H2,1H3/t15-/m0/s1. The van der Waals surface area contributed by atoms with Crippen molar-refractivity contribution in [3.63, 3.8) is 0 Å². The molecule has 0 unspecified atom stereocenters. The first kappa shape index (κ1) is 16.2. The van der Waals surface area contributed by atoms with E-state index in [1.165, 1.54) is 12.1 Å². The van der Waals surface area contributed by atoms with Gasteiger partial charge in [-0.2, -0.15) is 0 Å². The van der Waals surface area contributed by atoms with Gasteiger partial charge in [-0.15, -0.1) is 0 Å². The molecule has 0 saturated heterocycles. The number of sulfonamides is 1. The van der Waals surface area contributed by atoms with Gasteiger partial charge < -0.3 is 5.11 Å². The monoisotopic (exact) mass is 369 g/mol. The maximum Gasteiger partial charge on any atom is 0.240 e. The smallest absolute Gasteiger partial charge is 0.240 e. The highest BCUT2D eigenvalue weighted by molar-refractivity contribution is 9.10. The minimum Gasteiger partial charge on any atom is -0.384 e. The molecular weight excluding hydrogens is 354 g/mol. The van der Waals surface area contributed by atoms with Crippen molar-refractivity contribution < 1.29 is 13.5 Å². The van der Waals surface area contributed by atoms with Crippen molar-refractivity contribution in [2.24, 2.45) is 0 Å². The summed E-state index contributed by atoms with van der Waals surface area (Å²) in [7, 11) is -3.65.